The molecule has 7 nitrogen and oxygen atoms in total. The lowest BCUT2D eigenvalue weighted by molar-refractivity contribution is -0.120. The molecular weight excluding hydrogens is 222 g/mol. The Morgan fingerprint density at radius 2 is 2.29 bits per heavy atom. The van der Waals surface area contributed by atoms with Crippen molar-refractivity contribution in [1.82, 2.24) is 20.0 Å². The molecule has 1 aromatic heterocycles. The van der Waals surface area contributed by atoms with E-state index in [4.69, 9.17) is 5.73 Å². The number of aryl methyl sites for hydroxylation is 1. The highest BCUT2D eigenvalue weighted by Crippen LogP contribution is 2.01. The number of urea groups is 1. The van der Waals surface area contributed by atoms with E-state index in [1.54, 1.807) is 10.9 Å². The van der Waals surface area contributed by atoms with Crippen LogP contribution in [0.25, 0.3) is 0 Å². The van der Waals surface area contributed by atoms with Crippen LogP contribution in [-0.2, 0) is 18.4 Å². The summed E-state index contributed by atoms with van der Waals surface area (Å²) in [4.78, 5) is 23.5. The van der Waals surface area contributed by atoms with Crippen molar-refractivity contribution >= 4 is 11.9 Å². The first kappa shape index (κ1) is 13.2. The number of hydrogen-bond donors (Lipinski definition) is 2. The molecule has 0 aromatic carbocycles. The summed E-state index contributed by atoms with van der Waals surface area (Å²) in [7, 11) is 3.74. The van der Waals surface area contributed by atoms with Crippen LogP contribution in [0.2, 0.25) is 0 Å². The summed E-state index contributed by atoms with van der Waals surface area (Å²) in [5.41, 5.74) is 5.90. The quantitative estimate of drug-likeness (QED) is 0.720. The van der Waals surface area contributed by atoms with Crippen LogP contribution in [0, 0.1) is 0 Å². The number of rotatable bonds is 5. The third-order valence-electron chi connectivity index (χ3n) is 2.19. The molecule has 7 heteroatoms. The number of hydrogen-bond acceptors (Lipinski definition) is 4. The Bertz CT molecular complexity index is 401. The maximum Gasteiger partial charge on any atom is 0.318 e. The normalized spacial score (nSPS) is 10.5. The number of nitrogens with two attached hydrogens (primary N) is 1. The molecule has 17 heavy (non-hydrogen) atoms. The number of carbonyl (C=O) groups excluding carboxylic acids is 2. The summed E-state index contributed by atoms with van der Waals surface area (Å²) in [5.74, 6) is -0.365. The number of imide groups is 1. The standard InChI is InChI=1S/C10H17N5O2/c1-14(4-3-9(16)13-10(11)17)6-8-5-12-15(2)7-8/h5,7H,3-4,6H2,1-2H3,(H3,11,13,16,17). The van der Waals surface area contributed by atoms with Crippen LogP contribution < -0.4 is 11.1 Å². The Kier molecular flexibility index (Phi) is 4.65. The van der Waals surface area contributed by atoms with Crippen LogP contribution >= 0.6 is 0 Å². The van der Waals surface area contributed by atoms with Crippen molar-refractivity contribution in [1.29, 1.82) is 0 Å². The van der Waals surface area contributed by atoms with E-state index < -0.39 is 6.03 Å². The molecule has 94 valence electrons. The molecule has 0 radical (unpaired) electrons. The Morgan fingerprint density at radius 1 is 1.59 bits per heavy atom. The fourth-order valence-corrected chi connectivity index (χ4v) is 1.44. The first-order valence-corrected chi connectivity index (χ1v) is 5.22. The van der Waals surface area contributed by atoms with Crippen LogP contribution in [0.5, 0.6) is 0 Å². The van der Waals surface area contributed by atoms with Crippen molar-refractivity contribution in [3.63, 3.8) is 0 Å². The lowest BCUT2D eigenvalue weighted by atomic mass is 10.3. The van der Waals surface area contributed by atoms with E-state index in [0.29, 0.717) is 13.1 Å². The molecule has 0 bridgehead atoms. The van der Waals surface area contributed by atoms with E-state index in [1.165, 1.54) is 0 Å². The van der Waals surface area contributed by atoms with Crippen molar-refractivity contribution in [3.05, 3.63) is 18.0 Å². The van der Waals surface area contributed by atoms with E-state index in [-0.39, 0.29) is 12.3 Å². The van der Waals surface area contributed by atoms with Gasteiger partial charge in [-0.15, -0.1) is 0 Å². The molecule has 1 heterocycles. The zero-order chi connectivity index (χ0) is 12.8. The summed E-state index contributed by atoms with van der Waals surface area (Å²) in [6.45, 7) is 1.26. The van der Waals surface area contributed by atoms with Gasteiger partial charge in [-0.3, -0.25) is 14.8 Å². The first-order valence-electron chi connectivity index (χ1n) is 5.22. The molecule has 0 fully saturated rings. The second-order valence-corrected chi connectivity index (χ2v) is 3.92. The highest BCUT2D eigenvalue weighted by Gasteiger charge is 2.07. The van der Waals surface area contributed by atoms with Gasteiger partial charge in [-0.25, -0.2) is 4.79 Å². The summed E-state index contributed by atoms with van der Waals surface area (Å²) in [6.07, 6.45) is 3.93. The fraction of sp³-hybridized carbons (Fsp3) is 0.500. The molecule has 1 aromatic rings. The Balaban J connectivity index is 2.28. The molecule has 1 rings (SSSR count). The summed E-state index contributed by atoms with van der Waals surface area (Å²) < 4.78 is 1.73. The Morgan fingerprint density at radius 3 is 2.82 bits per heavy atom. The first-order chi connectivity index (χ1) is 7.97. The van der Waals surface area contributed by atoms with Crippen LogP contribution in [0.3, 0.4) is 0 Å². The van der Waals surface area contributed by atoms with E-state index >= 15 is 0 Å². The van der Waals surface area contributed by atoms with Crippen LogP contribution in [0.4, 0.5) is 4.79 Å². The fourth-order valence-electron chi connectivity index (χ4n) is 1.44. The lowest BCUT2D eigenvalue weighted by Crippen LogP contribution is -2.36. The second-order valence-electron chi connectivity index (χ2n) is 3.92. The zero-order valence-electron chi connectivity index (χ0n) is 10.0. The highest BCUT2D eigenvalue weighted by atomic mass is 16.2. The predicted octanol–water partition coefficient (Wildman–Crippen LogP) is -0.563. The molecule has 0 aliphatic rings. The lowest BCUT2D eigenvalue weighted by Gasteiger charge is -2.14. The Hall–Kier alpha value is -1.89. The van der Waals surface area contributed by atoms with Gasteiger partial charge < -0.3 is 10.6 Å². The summed E-state index contributed by atoms with van der Waals surface area (Å²) in [6, 6.07) is -0.815. The average Bonchev–Trinajstić information content (AvgIpc) is 2.60. The van der Waals surface area contributed by atoms with Crippen molar-refractivity contribution in [3.8, 4) is 0 Å². The van der Waals surface area contributed by atoms with Gasteiger partial charge in [-0.05, 0) is 7.05 Å². The Labute approximate surface area is 99.6 Å². The number of primary amides is 1. The molecular formula is C10H17N5O2. The van der Waals surface area contributed by atoms with Gasteiger partial charge in [0.15, 0.2) is 0 Å². The zero-order valence-corrected chi connectivity index (χ0v) is 10.0. The average molecular weight is 239 g/mol. The molecule has 3 amide bonds. The molecule has 0 aliphatic heterocycles. The SMILES string of the molecule is CN(CCC(=O)NC(N)=O)Cc1cnn(C)c1. The number of nitrogens with zero attached hydrogens (tertiary/aromatic N) is 3. The smallest absolute Gasteiger partial charge is 0.318 e. The number of amides is 3. The highest BCUT2D eigenvalue weighted by molar-refractivity contribution is 5.93. The van der Waals surface area contributed by atoms with Crippen molar-refractivity contribution in [2.45, 2.75) is 13.0 Å². The molecule has 0 atom stereocenters. The van der Waals surface area contributed by atoms with Crippen LogP contribution in [-0.4, -0.2) is 40.2 Å². The largest absolute Gasteiger partial charge is 0.351 e. The van der Waals surface area contributed by atoms with Gasteiger partial charge in [0.05, 0.1) is 6.20 Å². The second kappa shape index (κ2) is 6.00. The maximum absolute atomic E-state index is 11.2. The van der Waals surface area contributed by atoms with Gasteiger partial charge in [0.25, 0.3) is 0 Å². The number of carbonyl (C=O) groups is 2. The minimum atomic E-state index is -0.815. The predicted molar refractivity (Wildman–Crippen MR) is 61.9 cm³/mol. The topological polar surface area (TPSA) is 93.2 Å². The van der Waals surface area contributed by atoms with E-state index in [2.05, 4.69) is 5.10 Å². The molecule has 0 aliphatic carbocycles. The molecule has 0 spiro atoms. The summed E-state index contributed by atoms with van der Waals surface area (Å²) >= 11 is 0. The van der Waals surface area contributed by atoms with Crippen molar-refractivity contribution < 1.29 is 9.59 Å². The van der Waals surface area contributed by atoms with Crippen LogP contribution in [0.1, 0.15) is 12.0 Å². The van der Waals surface area contributed by atoms with E-state index in [0.717, 1.165) is 5.56 Å². The van der Waals surface area contributed by atoms with E-state index in [1.807, 2.05) is 30.5 Å². The van der Waals surface area contributed by atoms with Gasteiger partial charge in [0, 0.05) is 38.3 Å². The van der Waals surface area contributed by atoms with Crippen molar-refractivity contribution in [2.75, 3.05) is 13.6 Å². The van der Waals surface area contributed by atoms with Crippen molar-refractivity contribution in [2.24, 2.45) is 12.8 Å². The molecule has 0 unspecified atom stereocenters. The maximum atomic E-state index is 11.2. The van der Waals surface area contributed by atoms with Gasteiger partial charge >= 0.3 is 6.03 Å². The number of aromatic nitrogens is 2. The monoisotopic (exact) mass is 239 g/mol. The molecule has 0 saturated heterocycles. The number of nitrogens with one attached hydrogen (secondary N) is 1. The molecule has 0 saturated carbocycles. The van der Waals surface area contributed by atoms with Gasteiger partial charge in [0.1, 0.15) is 0 Å². The summed E-state index contributed by atoms with van der Waals surface area (Å²) in [5, 5.41) is 6.08. The third-order valence-corrected chi connectivity index (χ3v) is 2.19. The van der Waals surface area contributed by atoms with Gasteiger partial charge in [0.2, 0.25) is 5.91 Å². The minimum absolute atomic E-state index is 0.236. The molecule has 3 N–H and O–H groups in total. The minimum Gasteiger partial charge on any atom is -0.351 e. The van der Waals surface area contributed by atoms with E-state index in [9.17, 15) is 9.59 Å². The van der Waals surface area contributed by atoms with Gasteiger partial charge in [-0.2, -0.15) is 5.10 Å². The third kappa shape index (κ3) is 5.12. The van der Waals surface area contributed by atoms with Gasteiger partial charge in [-0.1, -0.05) is 0 Å². The van der Waals surface area contributed by atoms with Crippen LogP contribution in [0.15, 0.2) is 12.4 Å².